The molecular weight excluding hydrogens is 518 g/mol. The summed E-state index contributed by atoms with van der Waals surface area (Å²) in [6.07, 6.45) is -0.0539. The molecule has 2 atom stereocenters. The summed E-state index contributed by atoms with van der Waals surface area (Å²) in [6, 6.07) is 20.5. The zero-order valence-corrected chi connectivity index (χ0v) is 19.6. The number of benzene rings is 3. The lowest BCUT2D eigenvalue weighted by Crippen LogP contribution is -2.25. The van der Waals surface area contributed by atoms with Gasteiger partial charge in [-0.3, -0.25) is 0 Å². The fraction of sp³-hybridized carbons (Fsp3) is 0.217. The zero-order valence-electron chi connectivity index (χ0n) is 15.7. The van der Waals surface area contributed by atoms with Gasteiger partial charge in [0.25, 0.3) is 0 Å². The Kier molecular flexibility index (Phi) is 5.00. The topological polar surface area (TPSA) is 23.4 Å². The number of fused-ring (bicyclic) bond motifs is 3. The smallest absolute Gasteiger partial charge is 0.192 e. The van der Waals surface area contributed by atoms with E-state index in [1.165, 1.54) is 21.8 Å². The minimum absolute atomic E-state index is 0.0539. The summed E-state index contributed by atoms with van der Waals surface area (Å²) >= 11 is 13.2. The molecule has 0 aliphatic carbocycles. The summed E-state index contributed by atoms with van der Waals surface area (Å²) in [5.74, 6) is -0.764. The summed E-state index contributed by atoms with van der Waals surface area (Å²) in [5, 5.41) is 3.14. The van der Waals surface area contributed by atoms with Crippen LogP contribution in [0.1, 0.15) is 12.5 Å². The molecule has 0 saturated carbocycles. The van der Waals surface area contributed by atoms with Crippen LogP contribution in [0.2, 0.25) is 5.02 Å². The minimum Gasteiger partial charge on any atom is -0.343 e. The SMILES string of the molecule is C[C@@]1(c2ccc(Cl)cc2)OC[C@H](Cn2c3ccc(Br)cc3c3cc(Br)ccc32)O1. The molecule has 2 heterocycles. The van der Waals surface area contributed by atoms with Crippen LogP contribution < -0.4 is 0 Å². The molecule has 0 spiro atoms. The molecule has 0 unspecified atom stereocenters. The third-order valence-electron chi connectivity index (χ3n) is 5.48. The summed E-state index contributed by atoms with van der Waals surface area (Å²) in [5.41, 5.74) is 3.34. The third kappa shape index (κ3) is 3.53. The van der Waals surface area contributed by atoms with Crippen LogP contribution in [0.25, 0.3) is 21.8 Å². The molecule has 0 amide bonds. The molecule has 1 aromatic heterocycles. The van der Waals surface area contributed by atoms with Crippen LogP contribution in [0.4, 0.5) is 0 Å². The van der Waals surface area contributed by atoms with Gasteiger partial charge in [0.15, 0.2) is 5.79 Å². The molecule has 3 aromatic carbocycles. The second kappa shape index (κ2) is 7.40. The van der Waals surface area contributed by atoms with Gasteiger partial charge in [0.2, 0.25) is 0 Å². The second-order valence-corrected chi connectivity index (χ2v) is 9.70. The Hall–Kier alpha value is -1.37. The van der Waals surface area contributed by atoms with Gasteiger partial charge in [-0.15, -0.1) is 0 Å². The summed E-state index contributed by atoms with van der Waals surface area (Å²) in [7, 11) is 0. The van der Waals surface area contributed by atoms with Crippen molar-refractivity contribution >= 4 is 65.3 Å². The maximum absolute atomic E-state index is 6.39. The van der Waals surface area contributed by atoms with Gasteiger partial charge in [-0.05, 0) is 55.5 Å². The third-order valence-corrected chi connectivity index (χ3v) is 6.72. The van der Waals surface area contributed by atoms with Crippen LogP contribution in [0.3, 0.4) is 0 Å². The highest BCUT2D eigenvalue weighted by atomic mass is 79.9. The van der Waals surface area contributed by atoms with E-state index in [2.05, 4.69) is 72.8 Å². The predicted molar refractivity (Wildman–Crippen MR) is 124 cm³/mol. The van der Waals surface area contributed by atoms with E-state index in [-0.39, 0.29) is 6.10 Å². The van der Waals surface area contributed by atoms with Gasteiger partial charge >= 0.3 is 0 Å². The van der Waals surface area contributed by atoms with E-state index in [9.17, 15) is 0 Å². The summed E-state index contributed by atoms with van der Waals surface area (Å²) in [4.78, 5) is 0. The van der Waals surface area contributed by atoms with Gasteiger partial charge in [0, 0.05) is 41.3 Å². The van der Waals surface area contributed by atoms with Crippen molar-refractivity contribution in [2.24, 2.45) is 0 Å². The van der Waals surface area contributed by atoms with Crippen molar-refractivity contribution in [3.8, 4) is 0 Å². The molecular formula is C23H18Br2ClNO2. The molecule has 4 aromatic rings. The molecule has 1 aliphatic rings. The van der Waals surface area contributed by atoms with Gasteiger partial charge in [-0.25, -0.2) is 0 Å². The first-order valence-electron chi connectivity index (χ1n) is 9.38. The van der Waals surface area contributed by atoms with Crippen LogP contribution in [0.15, 0.2) is 69.6 Å². The van der Waals surface area contributed by atoms with Crippen molar-refractivity contribution in [3.63, 3.8) is 0 Å². The molecule has 0 radical (unpaired) electrons. The van der Waals surface area contributed by atoms with Crippen LogP contribution in [-0.4, -0.2) is 17.3 Å². The number of hydrogen-bond acceptors (Lipinski definition) is 2. The van der Waals surface area contributed by atoms with Gasteiger partial charge in [-0.1, -0.05) is 55.6 Å². The highest BCUT2D eigenvalue weighted by Crippen LogP contribution is 2.37. The van der Waals surface area contributed by atoms with E-state index in [1.807, 2.05) is 31.2 Å². The van der Waals surface area contributed by atoms with Crippen molar-refractivity contribution in [2.45, 2.75) is 25.4 Å². The van der Waals surface area contributed by atoms with Crippen LogP contribution >= 0.6 is 43.5 Å². The monoisotopic (exact) mass is 533 g/mol. The maximum atomic E-state index is 6.39. The molecule has 1 saturated heterocycles. The quantitative estimate of drug-likeness (QED) is 0.276. The summed E-state index contributed by atoms with van der Waals surface area (Å²) < 4.78 is 16.9. The van der Waals surface area contributed by atoms with Gasteiger partial charge in [0.05, 0.1) is 13.2 Å². The lowest BCUT2D eigenvalue weighted by atomic mass is 10.1. The average molecular weight is 536 g/mol. The van der Waals surface area contributed by atoms with Crippen molar-refractivity contribution < 1.29 is 9.47 Å². The van der Waals surface area contributed by atoms with Crippen molar-refractivity contribution in [1.29, 1.82) is 0 Å². The second-order valence-electron chi connectivity index (χ2n) is 7.44. The molecule has 0 N–H and O–H groups in total. The Balaban J connectivity index is 1.51. The normalized spacial score (nSPS) is 22.0. The van der Waals surface area contributed by atoms with Crippen LogP contribution in [-0.2, 0) is 21.8 Å². The maximum Gasteiger partial charge on any atom is 0.192 e. The van der Waals surface area contributed by atoms with Crippen molar-refractivity contribution in [2.75, 3.05) is 6.61 Å². The van der Waals surface area contributed by atoms with Gasteiger partial charge in [0.1, 0.15) is 6.10 Å². The largest absolute Gasteiger partial charge is 0.343 e. The number of rotatable bonds is 3. The van der Waals surface area contributed by atoms with E-state index in [4.69, 9.17) is 21.1 Å². The first-order valence-corrected chi connectivity index (χ1v) is 11.3. The molecule has 29 heavy (non-hydrogen) atoms. The highest BCUT2D eigenvalue weighted by molar-refractivity contribution is 9.10. The average Bonchev–Trinajstić information content (AvgIpc) is 3.21. The molecule has 5 rings (SSSR count). The summed E-state index contributed by atoms with van der Waals surface area (Å²) in [6.45, 7) is 3.22. The Labute approximate surface area is 190 Å². The molecule has 148 valence electrons. The molecule has 1 fully saturated rings. The van der Waals surface area contributed by atoms with E-state index >= 15 is 0 Å². The fourth-order valence-corrected chi connectivity index (χ4v) is 4.93. The van der Waals surface area contributed by atoms with Crippen molar-refractivity contribution in [3.05, 3.63) is 80.2 Å². The first-order chi connectivity index (χ1) is 13.9. The number of hydrogen-bond donors (Lipinski definition) is 0. The Bertz CT molecular complexity index is 1160. The highest BCUT2D eigenvalue weighted by Gasteiger charge is 2.39. The number of nitrogens with zero attached hydrogens (tertiary/aromatic N) is 1. The number of halogens is 3. The van der Waals surface area contributed by atoms with Crippen LogP contribution in [0, 0.1) is 0 Å². The van der Waals surface area contributed by atoms with Gasteiger partial charge < -0.3 is 14.0 Å². The van der Waals surface area contributed by atoms with Crippen LogP contribution in [0.5, 0.6) is 0 Å². The standard InChI is InChI=1S/C23H18Br2ClNO2/c1-23(14-2-6-17(26)7-3-14)28-13-18(29-23)12-27-21-8-4-15(24)10-19(21)20-11-16(25)5-9-22(20)27/h2-11,18H,12-13H2,1H3/t18-,23+/m0/s1. The Morgan fingerprint density at radius 2 is 1.55 bits per heavy atom. The molecule has 0 bridgehead atoms. The lowest BCUT2D eigenvalue weighted by Gasteiger charge is -2.24. The number of ether oxygens (including phenoxy) is 2. The predicted octanol–water partition coefficient (Wildman–Crippen LogP) is 7.26. The fourth-order valence-electron chi connectivity index (χ4n) is 4.08. The first kappa shape index (κ1) is 19.6. The Morgan fingerprint density at radius 3 is 2.14 bits per heavy atom. The number of aromatic nitrogens is 1. The zero-order chi connectivity index (χ0) is 20.2. The molecule has 6 heteroatoms. The van der Waals surface area contributed by atoms with E-state index in [0.29, 0.717) is 18.2 Å². The Morgan fingerprint density at radius 1 is 0.966 bits per heavy atom. The van der Waals surface area contributed by atoms with E-state index in [0.717, 1.165) is 14.5 Å². The molecule has 3 nitrogen and oxygen atoms in total. The van der Waals surface area contributed by atoms with E-state index < -0.39 is 5.79 Å². The van der Waals surface area contributed by atoms with E-state index in [1.54, 1.807) is 0 Å². The molecule has 1 aliphatic heterocycles. The van der Waals surface area contributed by atoms with Crippen molar-refractivity contribution in [1.82, 2.24) is 4.57 Å². The lowest BCUT2D eigenvalue weighted by molar-refractivity contribution is -0.162. The van der Waals surface area contributed by atoms with Gasteiger partial charge in [-0.2, -0.15) is 0 Å². The minimum atomic E-state index is -0.764.